The quantitative estimate of drug-likeness (QED) is 0.405. The monoisotopic (exact) mass is 476 g/mol. The average molecular weight is 477 g/mol. The lowest BCUT2D eigenvalue weighted by Gasteiger charge is -2.39. The number of nitrogens with two attached hydrogens (primary N) is 1. The average Bonchev–Trinajstić information content (AvgIpc) is 2.60. The van der Waals surface area contributed by atoms with Gasteiger partial charge >= 0.3 is 0 Å². The van der Waals surface area contributed by atoms with E-state index in [0.29, 0.717) is 12.0 Å². The minimum Gasteiger partial charge on any atom is -0.370 e. The SMILES string of the molecule is CN1CCCC(CN=C(N)N2CCCCC2)C1c1cccc(Cl)c1.I. The highest BCUT2D eigenvalue weighted by Gasteiger charge is 2.30. The molecule has 2 unspecified atom stereocenters. The van der Waals surface area contributed by atoms with Gasteiger partial charge in [0.05, 0.1) is 0 Å². The topological polar surface area (TPSA) is 44.9 Å². The Morgan fingerprint density at radius 3 is 2.68 bits per heavy atom. The predicted molar refractivity (Wildman–Crippen MR) is 117 cm³/mol. The van der Waals surface area contributed by atoms with Crippen LogP contribution in [0.4, 0.5) is 0 Å². The molecule has 2 fully saturated rings. The largest absolute Gasteiger partial charge is 0.370 e. The lowest BCUT2D eigenvalue weighted by molar-refractivity contribution is 0.125. The van der Waals surface area contributed by atoms with Gasteiger partial charge in [-0.05, 0) is 69.3 Å². The van der Waals surface area contributed by atoms with Gasteiger partial charge in [-0.2, -0.15) is 0 Å². The second-order valence-electron chi connectivity index (χ2n) is 7.13. The van der Waals surface area contributed by atoms with Crippen LogP contribution in [0.15, 0.2) is 29.3 Å². The first-order valence-corrected chi connectivity index (χ1v) is 9.53. The van der Waals surface area contributed by atoms with E-state index in [4.69, 9.17) is 22.3 Å². The van der Waals surface area contributed by atoms with Crippen LogP contribution in [0.5, 0.6) is 0 Å². The number of guanidine groups is 1. The summed E-state index contributed by atoms with van der Waals surface area (Å²) >= 11 is 6.22. The second-order valence-corrected chi connectivity index (χ2v) is 7.57. The van der Waals surface area contributed by atoms with Crippen LogP contribution in [0.1, 0.15) is 43.7 Å². The van der Waals surface area contributed by atoms with Gasteiger partial charge in [0.15, 0.2) is 5.96 Å². The predicted octanol–water partition coefficient (Wildman–Crippen LogP) is 4.14. The van der Waals surface area contributed by atoms with Crippen LogP contribution in [0.2, 0.25) is 5.02 Å². The van der Waals surface area contributed by atoms with Gasteiger partial charge in [0.1, 0.15) is 0 Å². The summed E-state index contributed by atoms with van der Waals surface area (Å²) in [6, 6.07) is 8.63. The molecule has 4 nitrogen and oxygen atoms in total. The van der Waals surface area contributed by atoms with Crippen molar-refractivity contribution >= 4 is 41.5 Å². The molecule has 0 saturated carbocycles. The van der Waals surface area contributed by atoms with Crippen molar-refractivity contribution in [1.29, 1.82) is 0 Å². The van der Waals surface area contributed by atoms with E-state index in [2.05, 4.69) is 29.0 Å². The number of hydrogen-bond acceptors (Lipinski definition) is 2. The molecular weight excluding hydrogens is 447 g/mol. The van der Waals surface area contributed by atoms with Gasteiger partial charge in [0.2, 0.25) is 0 Å². The molecule has 0 amide bonds. The Hall–Kier alpha value is -0.530. The molecule has 2 heterocycles. The molecule has 2 N–H and O–H groups in total. The number of likely N-dealkylation sites (tertiary alicyclic amines) is 2. The van der Waals surface area contributed by atoms with Crippen molar-refractivity contribution in [1.82, 2.24) is 9.80 Å². The Balaban J connectivity index is 0.00000225. The fourth-order valence-electron chi connectivity index (χ4n) is 4.10. The van der Waals surface area contributed by atoms with Gasteiger partial charge in [-0.3, -0.25) is 9.89 Å². The van der Waals surface area contributed by atoms with E-state index < -0.39 is 0 Å². The van der Waals surface area contributed by atoms with Gasteiger partial charge < -0.3 is 10.6 Å². The van der Waals surface area contributed by atoms with Gasteiger partial charge in [-0.25, -0.2) is 0 Å². The Labute approximate surface area is 173 Å². The Kier molecular flexibility index (Phi) is 8.29. The number of halogens is 2. The van der Waals surface area contributed by atoms with E-state index in [9.17, 15) is 0 Å². The maximum atomic E-state index is 6.25. The van der Waals surface area contributed by atoms with Crippen LogP contribution in [-0.2, 0) is 0 Å². The number of rotatable bonds is 3. The van der Waals surface area contributed by atoms with Crippen LogP contribution < -0.4 is 5.73 Å². The number of piperidine rings is 2. The van der Waals surface area contributed by atoms with Crippen LogP contribution in [0.25, 0.3) is 0 Å². The lowest BCUT2D eigenvalue weighted by Crippen LogP contribution is -2.42. The summed E-state index contributed by atoms with van der Waals surface area (Å²) in [5.41, 5.74) is 7.54. The first-order chi connectivity index (χ1) is 11.6. The molecule has 2 saturated heterocycles. The third-order valence-corrected chi connectivity index (χ3v) is 5.60. The first-order valence-electron chi connectivity index (χ1n) is 9.16. The van der Waals surface area contributed by atoms with Gasteiger partial charge in [0, 0.05) is 30.7 Å². The summed E-state index contributed by atoms with van der Waals surface area (Å²) in [5, 5.41) is 0.807. The maximum Gasteiger partial charge on any atom is 0.191 e. The van der Waals surface area contributed by atoms with Gasteiger partial charge in [-0.15, -0.1) is 24.0 Å². The van der Waals surface area contributed by atoms with Crippen molar-refractivity contribution in [2.45, 2.75) is 38.1 Å². The molecule has 140 valence electrons. The number of nitrogens with zero attached hydrogens (tertiary/aromatic N) is 3. The summed E-state index contributed by atoms with van der Waals surface area (Å²) in [6.07, 6.45) is 6.19. The maximum absolute atomic E-state index is 6.25. The number of aliphatic imine (C=N–C) groups is 1. The van der Waals surface area contributed by atoms with Crippen molar-refractivity contribution < 1.29 is 0 Å². The normalized spacial score (nSPS) is 25.5. The van der Waals surface area contributed by atoms with Gasteiger partial charge in [-0.1, -0.05) is 23.7 Å². The molecule has 0 radical (unpaired) electrons. The van der Waals surface area contributed by atoms with Gasteiger partial charge in [0.25, 0.3) is 0 Å². The zero-order valence-corrected chi connectivity index (χ0v) is 18.1. The van der Waals surface area contributed by atoms with Crippen molar-refractivity contribution in [3.8, 4) is 0 Å². The Bertz CT molecular complexity index is 574. The summed E-state index contributed by atoms with van der Waals surface area (Å²) in [5.74, 6) is 1.22. The number of benzene rings is 1. The highest BCUT2D eigenvalue weighted by molar-refractivity contribution is 14.0. The Morgan fingerprint density at radius 1 is 1.20 bits per heavy atom. The zero-order chi connectivity index (χ0) is 16.9. The van der Waals surface area contributed by atoms with E-state index in [1.165, 1.54) is 37.7 Å². The molecule has 2 atom stereocenters. The minimum absolute atomic E-state index is 0. The molecule has 1 aromatic rings. The van der Waals surface area contributed by atoms with Crippen molar-refractivity contribution in [3.63, 3.8) is 0 Å². The van der Waals surface area contributed by atoms with Crippen LogP contribution in [0.3, 0.4) is 0 Å². The third-order valence-electron chi connectivity index (χ3n) is 5.37. The third kappa shape index (κ3) is 5.47. The minimum atomic E-state index is 0. The molecule has 3 rings (SSSR count). The van der Waals surface area contributed by atoms with Crippen molar-refractivity contribution in [2.24, 2.45) is 16.6 Å². The van der Waals surface area contributed by atoms with E-state index in [0.717, 1.165) is 37.2 Å². The summed E-state index contributed by atoms with van der Waals surface area (Å²) in [4.78, 5) is 9.44. The van der Waals surface area contributed by atoms with Crippen LogP contribution in [0, 0.1) is 5.92 Å². The molecule has 1 aromatic carbocycles. The smallest absolute Gasteiger partial charge is 0.191 e. The van der Waals surface area contributed by atoms with E-state index in [-0.39, 0.29) is 24.0 Å². The Morgan fingerprint density at radius 2 is 1.96 bits per heavy atom. The molecule has 0 aromatic heterocycles. The second kappa shape index (κ2) is 9.97. The highest BCUT2D eigenvalue weighted by Crippen LogP contribution is 2.36. The summed E-state index contributed by atoms with van der Waals surface area (Å²) in [7, 11) is 2.20. The first kappa shape index (κ1) is 20.8. The number of hydrogen-bond donors (Lipinski definition) is 1. The molecule has 0 bridgehead atoms. The van der Waals surface area contributed by atoms with E-state index in [1.54, 1.807) is 0 Å². The van der Waals surface area contributed by atoms with E-state index in [1.807, 2.05) is 12.1 Å². The standard InChI is InChI=1S/C19H29ClN4.HI/c1-23-10-6-8-16(18(23)15-7-5-9-17(20)13-15)14-22-19(21)24-11-3-2-4-12-24;/h5,7,9,13,16,18H,2-4,6,8,10-12,14H2,1H3,(H2,21,22);1H. The van der Waals surface area contributed by atoms with Crippen molar-refractivity contribution in [3.05, 3.63) is 34.9 Å². The van der Waals surface area contributed by atoms with E-state index >= 15 is 0 Å². The summed E-state index contributed by atoms with van der Waals surface area (Å²) in [6.45, 7) is 4.03. The van der Waals surface area contributed by atoms with Crippen LogP contribution in [-0.4, -0.2) is 49.0 Å². The zero-order valence-electron chi connectivity index (χ0n) is 15.0. The molecule has 2 aliphatic rings. The molecule has 0 spiro atoms. The van der Waals surface area contributed by atoms with Crippen LogP contribution >= 0.6 is 35.6 Å². The summed E-state index contributed by atoms with van der Waals surface area (Å²) < 4.78 is 0. The lowest BCUT2D eigenvalue weighted by atomic mass is 9.85. The highest BCUT2D eigenvalue weighted by atomic mass is 127. The molecule has 0 aliphatic carbocycles. The molecule has 25 heavy (non-hydrogen) atoms. The fraction of sp³-hybridized carbons (Fsp3) is 0.632. The van der Waals surface area contributed by atoms with Crippen molar-refractivity contribution in [2.75, 3.05) is 33.2 Å². The molecular formula is C19H30ClIN4. The molecule has 2 aliphatic heterocycles. The molecule has 6 heteroatoms. The fourth-order valence-corrected chi connectivity index (χ4v) is 4.30.